The van der Waals surface area contributed by atoms with Gasteiger partial charge in [0.05, 0.1) is 4.92 Å². The molecule has 1 aromatic carbocycles. The highest BCUT2D eigenvalue weighted by atomic mass is 16.6. The summed E-state index contributed by atoms with van der Waals surface area (Å²) in [5.74, 6) is 0.0101. The Bertz CT molecular complexity index is 664. The van der Waals surface area contributed by atoms with Gasteiger partial charge in [0.15, 0.2) is 0 Å². The van der Waals surface area contributed by atoms with Crippen molar-refractivity contribution < 1.29 is 4.92 Å². The molecule has 6 nitrogen and oxygen atoms in total. The first-order valence-corrected chi connectivity index (χ1v) is 8.48. The number of hydrogen-bond acceptors (Lipinski definition) is 5. The van der Waals surface area contributed by atoms with Crippen LogP contribution in [0.1, 0.15) is 25.3 Å². The van der Waals surface area contributed by atoms with Crippen LogP contribution < -0.4 is 5.32 Å². The van der Waals surface area contributed by atoms with Crippen molar-refractivity contribution in [3.05, 3.63) is 63.5 Å². The second-order valence-electron chi connectivity index (χ2n) is 7.03. The van der Waals surface area contributed by atoms with E-state index in [0.29, 0.717) is 0 Å². The third kappa shape index (κ3) is 4.46. The lowest BCUT2D eigenvalue weighted by atomic mass is 9.91. The molecule has 0 spiro atoms. The second-order valence-corrected chi connectivity index (χ2v) is 7.03. The third-order valence-electron chi connectivity index (χ3n) is 4.92. The summed E-state index contributed by atoms with van der Waals surface area (Å²) in [5, 5.41) is 14.7. The van der Waals surface area contributed by atoms with E-state index < -0.39 is 0 Å². The number of nitrogens with zero attached hydrogens (tertiary/aromatic N) is 3. The molecule has 0 saturated heterocycles. The first kappa shape index (κ1) is 19.1. The summed E-state index contributed by atoms with van der Waals surface area (Å²) in [5.41, 5.74) is 3.30. The molecule has 25 heavy (non-hydrogen) atoms. The van der Waals surface area contributed by atoms with Gasteiger partial charge in [0, 0.05) is 41.5 Å². The van der Waals surface area contributed by atoms with Gasteiger partial charge in [-0.2, -0.15) is 0 Å². The van der Waals surface area contributed by atoms with Gasteiger partial charge >= 0.3 is 0 Å². The number of hydrogen-bond donors (Lipinski definition) is 1. The molecule has 1 N–H and O–H groups in total. The number of nitrogens with one attached hydrogen (secondary N) is 1. The van der Waals surface area contributed by atoms with Gasteiger partial charge in [-0.05, 0) is 47.6 Å². The van der Waals surface area contributed by atoms with E-state index in [1.807, 2.05) is 34.3 Å². The number of likely N-dealkylation sites (N-methyl/N-ethyl adjacent to an activating group) is 2. The lowest BCUT2D eigenvalue weighted by molar-refractivity contribution is -0.384. The van der Waals surface area contributed by atoms with E-state index >= 15 is 0 Å². The van der Waals surface area contributed by atoms with Crippen LogP contribution in [0.2, 0.25) is 0 Å². The van der Waals surface area contributed by atoms with Crippen LogP contribution >= 0.6 is 0 Å². The molecular formula is C19H28N4O2. The van der Waals surface area contributed by atoms with E-state index in [0.717, 1.165) is 17.0 Å². The van der Waals surface area contributed by atoms with Gasteiger partial charge in [-0.25, -0.2) is 0 Å². The summed E-state index contributed by atoms with van der Waals surface area (Å²) in [6.07, 6.45) is 4.32. The summed E-state index contributed by atoms with van der Waals surface area (Å²) in [7, 11) is 8.18. The van der Waals surface area contributed by atoms with Crippen molar-refractivity contribution in [2.24, 2.45) is 0 Å². The molecule has 0 amide bonds. The molecule has 0 saturated carbocycles. The number of nitro benzene ring substituents is 1. The minimum atomic E-state index is -0.343. The summed E-state index contributed by atoms with van der Waals surface area (Å²) < 4.78 is 0. The molecule has 0 bridgehead atoms. The van der Waals surface area contributed by atoms with E-state index in [4.69, 9.17) is 0 Å². The average molecular weight is 344 g/mol. The van der Waals surface area contributed by atoms with Crippen LogP contribution in [-0.2, 0) is 0 Å². The molecule has 2 atom stereocenters. The van der Waals surface area contributed by atoms with Gasteiger partial charge < -0.3 is 15.1 Å². The summed E-state index contributed by atoms with van der Waals surface area (Å²) >= 11 is 0. The molecule has 1 heterocycles. The molecule has 0 aliphatic carbocycles. The highest BCUT2D eigenvalue weighted by molar-refractivity contribution is 5.43. The van der Waals surface area contributed by atoms with Crippen molar-refractivity contribution in [2.45, 2.75) is 31.8 Å². The van der Waals surface area contributed by atoms with Crippen molar-refractivity contribution in [3.63, 3.8) is 0 Å². The number of dihydropyridines is 1. The van der Waals surface area contributed by atoms with Gasteiger partial charge in [0.1, 0.15) is 0 Å². The van der Waals surface area contributed by atoms with E-state index in [1.54, 1.807) is 12.1 Å². The Balaban J connectivity index is 2.45. The van der Waals surface area contributed by atoms with Crippen LogP contribution in [-0.4, -0.2) is 55.0 Å². The Hall–Kier alpha value is -2.18. The zero-order chi connectivity index (χ0) is 18.7. The predicted octanol–water partition coefficient (Wildman–Crippen LogP) is 2.95. The van der Waals surface area contributed by atoms with Crippen LogP contribution in [0.4, 0.5) is 5.69 Å². The van der Waals surface area contributed by atoms with Gasteiger partial charge in [0.25, 0.3) is 5.69 Å². The maximum absolute atomic E-state index is 11.1. The van der Waals surface area contributed by atoms with Crippen molar-refractivity contribution in [3.8, 4) is 0 Å². The topological polar surface area (TPSA) is 61.7 Å². The minimum Gasteiger partial charge on any atom is -0.360 e. The first-order valence-electron chi connectivity index (χ1n) is 8.48. The Morgan fingerprint density at radius 2 is 1.56 bits per heavy atom. The molecule has 1 aromatic rings. The molecule has 1 aliphatic rings. The molecule has 2 unspecified atom stereocenters. The summed E-state index contributed by atoms with van der Waals surface area (Å²) in [6.45, 7) is 4.29. The Labute approximate surface area is 150 Å². The molecule has 0 aromatic heterocycles. The highest BCUT2D eigenvalue weighted by Crippen LogP contribution is 2.30. The van der Waals surface area contributed by atoms with Crippen molar-refractivity contribution in [2.75, 3.05) is 28.2 Å². The first-order chi connectivity index (χ1) is 11.7. The normalized spacial score (nSPS) is 19.9. The highest BCUT2D eigenvalue weighted by Gasteiger charge is 2.24. The SMILES string of the molecule is CC(C1=CC(c2cccc([N+](=O)[O-])c2)C=C(C(C)N(C)C)N1)N(C)C. The number of non-ortho nitro benzene ring substituents is 1. The van der Waals surface area contributed by atoms with Crippen molar-refractivity contribution in [1.29, 1.82) is 0 Å². The van der Waals surface area contributed by atoms with Gasteiger partial charge in [-0.3, -0.25) is 10.1 Å². The number of nitro groups is 1. The van der Waals surface area contributed by atoms with Crippen molar-refractivity contribution >= 4 is 5.69 Å². The second kappa shape index (κ2) is 7.80. The van der Waals surface area contributed by atoms with Crippen LogP contribution in [0.25, 0.3) is 0 Å². The fourth-order valence-corrected chi connectivity index (χ4v) is 2.77. The van der Waals surface area contributed by atoms with E-state index in [9.17, 15) is 10.1 Å². The Morgan fingerprint density at radius 1 is 1.04 bits per heavy atom. The largest absolute Gasteiger partial charge is 0.360 e. The molecule has 136 valence electrons. The van der Waals surface area contributed by atoms with E-state index in [2.05, 4.69) is 41.1 Å². The van der Waals surface area contributed by atoms with Crippen molar-refractivity contribution in [1.82, 2.24) is 15.1 Å². The quantitative estimate of drug-likeness (QED) is 0.635. The number of benzene rings is 1. The van der Waals surface area contributed by atoms with Gasteiger partial charge in [-0.15, -0.1) is 0 Å². The summed E-state index contributed by atoms with van der Waals surface area (Å²) in [6, 6.07) is 7.34. The van der Waals surface area contributed by atoms with Crippen LogP contribution in [0.3, 0.4) is 0 Å². The standard InChI is InChI=1S/C19H28N4O2/c1-13(21(3)4)18-11-16(12-19(20-18)14(2)22(5)6)15-8-7-9-17(10-15)23(24)25/h7-14,16,20H,1-6H3. The Kier molecular flexibility index (Phi) is 5.98. The zero-order valence-electron chi connectivity index (χ0n) is 15.9. The van der Waals surface area contributed by atoms with E-state index in [-0.39, 0.29) is 28.6 Å². The maximum atomic E-state index is 11.1. The minimum absolute atomic E-state index is 0.0101. The molecule has 6 heteroatoms. The number of rotatable bonds is 6. The fraction of sp³-hybridized carbons (Fsp3) is 0.474. The molecular weight excluding hydrogens is 316 g/mol. The van der Waals surface area contributed by atoms with E-state index in [1.165, 1.54) is 6.07 Å². The summed E-state index contributed by atoms with van der Waals surface area (Å²) in [4.78, 5) is 15.1. The number of allylic oxidation sites excluding steroid dienone is 2. The fourth-order valence-electron chi connectivity index (χ4n) is 2.77. The average Bonchev–Trinajstić information content (AvgIpc) is 2.59. The van der Waals surface area contributed by atoms with Crippen LogP contribution in [0.5, 0.6) is 0 Å². The van der Waals surface area contributed by atoms with Crippen LogP contribution in [0.15, 0.2) is 47.8 Å². The smallest absolute Gasteiger partial charge is 0.269 e. The Morgan fingerprint density at radius 3 is 2.00 bits per heavy atom. The molecule has 2 rings (SSSR count). The third-order valence-corrected chi connectivity index (χ3v) is 4.92. The predicted molar refractivity (Wildman–Crippen MR) is 101 cm³/mol. The van der Waals surface area contributed by atoms with Gasteiger partial charge in [0.2, 0.25) is 0 Å². The monoisotopic (exact) mass is 344 g/mol. The molecule has 1 aliphatic heterocycles. The maximum Gasteiger partial charge on any atom is 0.269 e. The lowest BCUT2D eigenvalue weighted by Gasteiger charge is -2.34. The lowest BCUT2D eigenvalue weighted by Crippen LogP contribution is -2.40. The molecule has 0 fully saturated rings. The zero-order valence-corrected chi connectivity index (χ0v) is 15.9. The van der Waals surface area contributed by atoms with Crippen LogP contribution in [0, 0.1) is 10.1 Å². The van der Waals surface area contributed by atoms with Gasteiger partial charge in [-0.1, -0.05) is 24.3 Å². The molecule has 0 radical (unpaired) electrons.